The minimum atomic E-state index is -0.180. The first-order chi connectivity index (χ1) is 14.1. The summed E-state index contributed by atoms with van der Waals surface area (Å²) in [6.45, 7) is 2.37. The molecule has 0 bridgehead atoms. The fourth-order valence-corrected chi connectivity index (χ4v) is 4.09. The second-order valence-electron chi connectivity index (χ2n) is 6.93. The van der Waals surface area contributed by atoms with E-state index < -0.39 is 0 Å². The number of nitrogens with one attached hydrogen (secondary N) is 1. The highest BCUT2D eigenvalue weighted by atomic mass is 32.1. The third-order valence-corrected chi connectivity index (χ3v) is 5.46. The van der Waals surface area contributed by atoms with Crippen LogP contribution in [0.3, 0.4) is 0 Å². The highest BCUT2D eigenvalue weighted by Gasteiger charge is 2.15. The number of ether oxygens (including phenoxy) is 1. The molecule has 0 aliphatic heterocycles. The monoisotopic (exact) mass is 406 g/mol. The molecule has 148 valence electrons. The lowest BCUT2D eigenvalue weighted by Crippen LogP contribution is -2.36. The highest BCUT2D eigenvalue weighted by Crippen LogP contribution is 2.26. The summed E-state index contributed by atoms with van der Waals surface area (Å²) in [6.07, 6.45) is 4.41. The van der Waals surface area contributed by atoms with Crippen LogP contribution in [0.4, 0.5) is 0 Å². The van der Waals surface area contributed by atoms with Crippen molar-refractivity contribution in [3.63, 3.8) is 0 Å². The third-order valence-electron chi connectivity index (χ3n) is 4.65. The molecule has 4 aromatic rings. The lowest BCUT2D eigenvalue weighted by Gasteiger charge is -2.13. The molecule has 7 heteroatoms. The van der Waals surface area contributed by atoms with Gasteiger partial charge in [0, 0.05) is 30.9 Å². The average molecular weight is 407 g/mol. The number of benzene rings is 1. The van der Waals surface area contributed by atoms with Gasteiger partial charge in [-0.05, 0) is 60.2 Å². The molecule has 0 aliphatic carbocycles. The van der Waals surface area contributed by atoms with Crippen LogP contribution in [-0.4, -0.2) is 40.4 Å². The van der Waals surface area contributed by atoms with Gasteiger partial charge in [-0.1, -0.05) is 12.1 Å². The molecule has 0 radical (unpaired) electrons. The van der Waals surface area contributed by atoms with E-state index in [9.17, 15) is 4.79 Å². The quantitative estimate of drug-likeness (QED) is 0.506. The summed E-state index contributed by atoms with van der Waals surface area (Å²) in [5, 5.41) is 10.3. The first-order valence-corrected chi connectivity index (χ1v) is 10.3. The van der Waals surface area contributed by atoms with Gasteiger partial charge in [-0.2, -0.15) is 5.10 Å². The second kappa shape index (κ2) is 8.55. The van der Waals surface area contributed by atoms with Crippen molar-refractivity contribution in [1.82, 2.24) is 20.1 Å². The van der Waals surface area contributed by atoms with E-state index in [4.69, 9.17) is 4.74 Å². The number of amides is 1. The Bertz CT molecular complexity index is 1100. The zero-order valence-electron chi connectivity index (χ0n) is 16.3. The largest absolute Gasteiger partial charge is 0.383 e. The van der Waals surface area contributed by atoms with Gasteiger partial charge in [0.1, 0.15) is 10.5 Å². The van der Waals surface area contributed by atoms with Crippen molar-refractivity contribution in [2.75, 3.05) is 13.7 Å². The van der Waals surface area contributed by atoms with Crippen LogP contribution < -0.4 is 5.32 Å². The van der Waals surface area contributed by atoms with E-state index >= 15 is 0 Å². The number of thiophene rings is 1. The van der Waals surface area contributed by atoms with Crippen molar-refractivity contribution in [3.8, 4) is 5.69 Å². The van der Waals surface area contributed by atoms with E-state index in [2.05, 4.69) is 33.6 Å². The third kappa shape index (κ3) is 4.36. The Kier molecular flexibility index (Phi) is 5.69. The van der Waals surface area contributed by atoms with Crippen molar-refractivity contribution in [1.29, 1.82) is 0 Å². The van der Waals surface area contributed by atoms with Gasteiger partial charge in [0.15, 0.2) is 0 Å². The molecule has 0 spiro atoms. The topological polar surface area (TPSA) is 69.0 Å². The molecule has 6 nitrogen and oxygen atoms in total. The predicted molar refractivity (Wildman–Crippen MR) is 115 cm³/mol. The SMILES string of the molecule is COCC(C)NC(=O)c1cc(Cc2ccc(-n3cccn3)cc2)c2ccsc2n1. The first kappa shape index (κ1) is 19.3. The number of nitrogens with zero attached hydrogens (tertiary/aromatic N) is 3. The molecule has 1 unspecified atom stereocenters. The fraction of sp³-hybridized carbons (Fsp3) is 0.227. The summed E-state index contributed by atoms with van der Waals surface area (Å²) in [5.41, 5.74) is 3.71. The summed E-state index contributed by atoms with van der Waals surface area (Å²) in [5.74, 6) is -0.180. The molecule has 3 aromatic heterocycles. The van der Waals surface area contributed by atoms with Gasteiger partial charge < -0.3 is 10.1 Å². The number of methoxy groups -OCH3 is 1. The van der Waals surface area contributed by atoms with Crippen molar-refractivity contribution < 1.29 is 9.53 Å². The van der Waals surface area contributed by atoms with Crippen molar-refractivity contribution in [2.24, 2.45) is 0 Å². The Morgan fingerprint density at radius 3 is 2.83 bits per heavy atom. The van der Waals surface area contributed by atoms with E-state index in [1.54, 1.807) is 24.6 Å². The molecule has 1 aromatic carbocycles. The molecule has 0 saturated carbocycles. The summed E-state index contributed by atoms with van der Waals surface area (Å²) >= 11 is 1.55. The van der Waals surface area contributed by atoms with Crippen LogP contribution in [0.25, 0.3) is 15.9 Å². The molecule has 1 N–H and O–H groups in total. The number of aromatic nitrogens is 3. The number of hydrogen-bond acceptors (Lipinski definition) is 5. The Hall–Kier alpha value is -3.03. The smallest absolute Gasteiger partial charge is 0.270 e. The van der Waals surface area contributed by atoms with E-state index in [-0.39, 0.29) is 11.9 Å². The molecule has 0 saturated heterocycles. The lowest BCUT2D eigenvalue weighted by molar-refractivity contribution is 0.0901. The summed E-state index contributed by atoms with van der Waals surface area (Å²) < 4.78 is 6.93. The van der Waals surface area contributed by atoms with Crippen LogP contribution in [0.2, 0.25) is 0 Å². The Balaban J connectivity index is 1.59. The van der Waals surface area contributed by atoms with Crippen LogP contribution in [0.5, 0.6) is 0 Å². The van der Waals surface area contributed by atoms with Gasteiger partial charge >= 0.3 is 0 Å². The van der Waals surface area contributed by atoms with Gasteiger partial charge in [-0.3, -0.25) is 4.79 Å². The fourth-order valence-electron chi connectivity index (χ4n) is 3.28. The molecule has 0 fully saturated rings. The molecule has 4 rings (SSSR count). The van der Waals surface area contributed by atoms with Crippen molar-refractivity contribution >= 4 is 27.5 Å². The van der Waals surface area contributed by atoms with E-state index in [0.717, 1.165) is 27.9 Å². The average Bonchev–Trinajstić information content (AvgIpc) is 3.40. The Labute approximate surface area is 173 Å². The Morgan fingerprint density at radius 2 is 2.10 bits per heavy atom. The van der Waals surface area contributed by atoms with Gasteiger partial charge in [0.05, 0.1) is 12.3 Å². The van der Waals surface area contributed by atoms with E-state index in [1.807, 2.05) is 47.4 Å². The van der Waals surface area contributed by atoms with Gasteiger partial charge in [-0.25, -0.2) is 9.67 Å². The van der Waals surface area contributed by atoms with Crippen LogP contribution in [0.15, 0.2) is 60.2 Å². The van der Waals surface area contributed by atoms with Crippen molar-refractivity contribution in [2.45, 2.75) is 19.4 Å². The number of hydrogen-bond donors (Lipinski definition) is 1. The minimum Gasteiger partial charge on any atom is -0.383 e. The number of carbonyl (C=O) groups is 1. The molecule has 1 amide bonds. The molecule has 0 aliphatic rings. The normalized spacial score (nSPS) is 12.2. The predicted octanol–water partition coefficient (Wildman–Crippen LogP) is 3.84. The maximum atomic E-state index is 12.6. The van der Waals surface area contributed by atoms with Crippen LogP contribution in [0, 0.1) is 0 Å². The summed E-state index contributed by atoms with van der Waals surface area (Å²) in [6, 6.07) is 14.1. The lowest BCUT2D eigenvalue weighted by atomic mass is 10.0. The van der Waals surface area contributed by atoms with Crippen LogP contribution in [-0.2, 0) is 11.2 Å². The number of carbonyl (C=O) groups excluding carboxylic acids is 1. The molecule has 3 heterocycles. The van der Waals surface area contributed by atoms with Crippen molar-refractivity contribution in [3.05, 3.63) is 77.1 Å². The van der Waals surface area contributed by atoms with Crippen LogP contribution in [0.1, 0.15) is 28.5 Å². The minimum absolute atomic E-state index is 0.0772. The molecule has 29 heavy (non-hydrogen) atoms. The maximum Gasteiger partial charge on any atom is 0.270 e. The maximum absolute atomic E-state index is 12.6. The standard InChI is InChI=1S/C22H22N4O2S/c1-15(14-28-2)24-21(27)20-13-17(19-8-11-29-22(19)25-20)12-16-4-6-18(7-5-16)26-10-3-9-23-26/h3-11,13,15H,12,14H2,1-2H3,(H,24,27). The van der Waals surface area contributed by atoms with Gasteiger partial charge in [-0.15, -0.1) is 11.3 Å². The number of pyridine rings is 1. The van der Waals surface area contributed by atoms with Crippen LogP contribution >= 0.6 is 11.3 Å². The zero-order chi connectivity index (χ0) is 20.2. The van der Waals surface area contributed by atoms with Gasteiger partial charge in [0.2, 0.25) is 0 Å². The number of fused-ring (bicyclic) bond motifs is 1. The second-order valence-corrected chi connectivity index (χ2v) is 7.82. The summed E-state index contributed by atoms with van der Waals surface area (Å²) in [4.78, 5) is 18.1. The Morgan fingerprint density at radius 1 is 1.28 bits per heavy atom. The molecular formula is C22H22N4O2S. The van der Waals surface area contributed by atoms with Gasteiger partial charge in [0.25, 0.3) is 5.91 Å². The number of rotatable bonds is 7. The first-order valence-electron chi connectivity index (χ1n) is 9.40. The highest BCUT2D eigenvalue weighted by molar-refractivity contribution is 7.16. The summed E-state index contributed by atoms with van der Waals surface area (Å²) in [7, 11) is 1.62. The molecule has 1 atom stereocenters. The molecular weight excluding hydrogens is 384 g/mol. The van der Waals surface area contributed by atoms with E-state index in [0.29, 0.717) is 12.3 Å². The van der Waals surface area contributed by atoms with E-state index in [1.165, 1.54) is 5.56 Å². The zero-order valence-corrected chi connectivity index (χ0v) is 17.1.